The summed E-state index contributed by atoms with van der Waals surface area (Å²) in [6.07, 6.45) is 6.07. The van der Waals surface area contributed by atoms with E-state index in [0.717, 1.165) is 12.8 Å². The molecule has 3 rings (SSSR count). The van der Waals surface area contributed by atoms with Gasteiger partial charge < -0.3 is 4.90 Å². The van der Waals surface area contributed by atoms with Crippen molar-refractivity contribution in [1.82, 2.24) is 4.90 Å². The van der Waals surface area contributed by atoms with Gasteiger partial charge in [0.1, 0.15) is 6.04 Å². The van der Waals surface area contributed by atoms with Crippen LogP contribution in [-0.4, -0.2) is 29.4 Å². The molecule has 0 radical (unpaired) electrons. The average molecular weight is 321 g/mol. The van der Waals surface area contributed by atoms with Crippen molar-refractivity contribution in [3.8, 4) is 0 Å². The van der Waals surface area contributed by atoms with E-state index < -0.39 is 0 Å². The first kappa shape index (κ1) is 15.3. The van der Waals surface area contributed by atoms with Crippen molar-refractivity contribution in [2.75, 3.05) is 11.4 Å². The molecular weight excluding hydrogens is 300 g/mol. The van der Waals surface area contributed by atoms with Gasteiger partial charge in [-0.05, 0) is 49.9 Å². The van der Waals surface area contributed by atoms with Crippen molar-refractivity contribution in [3.63, 3.8) is 0 Å². The van der Waals surface area contributed by atoms with Crippen LogP contribution in [0.2, 0.25) is 5.02 Å². The van der Waals surface area contributed by atoms with Gasteiger partial charge in [-0.2, -0.15) is 0 Å². The summed E-state index contributed by atoms with van der Waals surface area (Å²) >= 11 is 5.88. The van der Waals surface area contributed by atoms with E-state index >= 15 is 0 Å². The zero-order chi connectivity index (χ0) is 15.7. The second-order valence-corrected chi connectivity index (χ2v) is 6.70. The third kappa shape index (κ3) is 2.84. The van der Waals surface area contributed by atoms with Gasteiger partial charge in [-0.1, -0.05) is 30.9 Å². The van der Waals surface area contributed by atoms with Crippen molar-refractivity contribution in [2.45, 2.75) is 45.1 Å². The Morgan fingerprint density at radius 2 is 1.73 bits per heavy atom. The summed E-state index contributed by atoms with van der Waals surface area (Å²) in [4.78, 5) is 28.2. The predicted molar refractivity (Wildman–Crippen MR) is 87.1 cm³/mol. The van der Waals surface area contributed by atoms with Crippen molar-refractivity contribution in [1.29, 1.82) is 0 Å². The Bertz CT molecular complexity index is 567. The minimum atomic E-state index is -0.384. The minimum absolute atomic E-state index is 0.150. The van der Waals surface area contributed by atoms with Crippen LogP contribution in [0.25, 0.3) is 0 Å². The average Bonchev–Trinajstić information content (AvgIpc) is 2.73. The lowest BCUT2D eigenvalue weighted by Crippen LogP contribution is -2.38. The smallest absolute Gasteiger partial charge is 0.312 e. The van der Waals surface area contributed by atoms with Crippen LogP contribution in [0.5, 0.6) is 0 Å². The molecule has 0 bridgehead atoms. The molecule has 1 aromatic rings. The van der Waals surface area contributed by atoms with Gasteiger partial charge in [0.15, 0.2) is 0 Å². The first-order chi connectivity index (χ1) is 10.6. The highest BCUT2D eigenvalue weighted by Crippen LogP contribution is 2.30. The molecule has 1 saturated heterocycles. The highest BCUT2D eigenvalue weighted by Gasteiger charge is 2.43. The number of nitrogens with zero attached hydrogens (tertiary/aromatic N) is 2. The topological polar surface area (TPSA) is 40.6 Å². The Morgan fingerprint density at radius 1 is 1.09 bits per heavy atom. The molecule has 1 aliphatic carbocycles. The molecule has 22 heavy (non-hydrogen) atoms. The molecule has 0 aromatic heterocycles. The van der Waals surface area contributed by atoms with E-state index in [-0.39, 0.29) is 18.0 Å². The number of amides is 3. The number of imide groups is 1. The van der Waals surface area contributed by atoms with Crippen LogP contribution < -0.4 is 4.90 Å². The maximum atomic E-state index is 12.7. The van der Waals surface area contributed by atoms with Crippen LogP contribution >= 0.6 is 11.6 Å². The molecule has 4 nitrogen and oxygen atoms in total. The molecule has 3 amide bonds. The normalized spacial score (nSPS) is 23.5. The van der Waals surface area contributed by atoms with E-state index in [4.69, 9.17) is 11.6 Å². The number of benzene rings is 1. The Kier molecular flexibility index (Phi) is 4.39. The number of halogens is 1. The molecule has 1 heterocycles. The van der Waals surface area contributed by atoms with Crippen LogP contribution in [0.15, 0.2) is 24.3 Å². The number of rotatable bonds is 3. The molecule has 118 valence electrons. The Labute approximate surface area is 136 Å². The Balaban J connectivity index is 1.77. The summed E-state index contributed by atoms with van der Waals surface area (Å²) in [5, 5.41) is 0.593. The van der Waals surface area contributed by atoms with E-state index in [9.17, 15) is 9.59 Å². The van der Waals surface area contributed by atoms with Gasteiger partial charge in [-0.3, -0.25) is 4.79 Å². The van der Waals surface area contributed by atoms with Gasteiger partial charge in [-0.25, -0.2) is 9.69 Å². The molecule has 0 N–H and O–H groups in total. The van der Waals surface area contributed by atoms with Gasteiger partial charge in [0.25, 0.3) is 5.91 Å². The molecule has 1 aromatic carbocycles. The fraction of sp³-hybridized carbons (Fsp3) is 0.529. The van der Waals surface area contributed by atoms with E-state index in [1.165, 1.54) is 24.2 Å². The number of urea groups is 1. The number of carbonyl (C=O) groups is 2. The summed E-state index contributed by atoms with van der Waals surface area (Å²) in [7, 11) is 0. The van der Waals surface area contributed by atoms with Gasteiger partial charge in [-0.15, -0.1) is 0 Å². The highest BCUT2D eigenvalue weighted by molar-refractivity contribution is 6.30. The van der Waals surface area contributed by atoms with Crippen LogP contribution in [0.1, 0.15) is 39.0 Å². The number of hydrogen-bond donors (Lipinski definition) is 0. The van der Waals surface area contributed by atoms with Crippen LogP contribution in [-0.2, 0) is 4.79 Å². The summed E-state index contributed by atoms with van der Waals surface area (Å²) < 4.78 is 0. The van der Waals surface area contributed by atoms with Crippen LogP contribution in [0.4, 0.5) is 10.5 Å². The Hall–Kier alpha value is -1.55. The van der Waals surface area contributed by atoms with E-state index in [1.54, 1.807) is 29.2 Å². The molecule has 0 unspecified atom stereocenters. The van der Waals surface area contributed by atoms with Gasteiger partial charge in [0.2, 0.25) is 0 Å². The minimum Gasteiger partial charge on any atom is -0.312 e. The first-order valence-electron chi connectivity index (χ1n) is 7.98. The highest BCUT2D eigenvalue weighted by atomic mass is 35.5. The molecule has 2 fully saturated rings. The molecule has 5 heteroatoms. The van der Waals surface area contributed by atoms with Gasteiger partial charge in [0, 0.05) is 11.6 Å². The number of anilines is 1. The lowest BCUT2D eigenvalue weighted by atomic mass is 9.89. The summed E-state index contributed by atoms with van der Waals surface area (Å²) in [6.45, 7) is 2.51. The van der Waals surface area contributed by atoms with E-state index in [2.05, 4.69) is 0 Å². The summed E-state index contributed by atoms with van der Waals surface area (Å²) in [5.41, 5.74) is 0.595. The second kappa shape index (κ2) is 6.29. The quantitative estimate of drug-likeness (QED) is 0.787. The standard InChI is InChI=1S/C17H21ClN2O2/c1-12-16(21)20(15-9-7-14(18)8-10-15)17(22)19(12)11-13-5-3-2-4-6-13/h7-10,12-13H,2-6,11H2,1H3/t12-/m0/s1. The SMILES string of the molecule is C[C@H]1C(=O)N(c2ccc(Cl)cc2)C(=O)N1CC1CCCCC1. The molecule has 1 aliphatic heterocycles. The van der Waals surface area contributed by atoms with E-state index in [0.29, 0.717) is 23.2 Å². The lowest BCUT2D eigenvalue weighted by Gasteiger charge is -2.28. The van der Waals surface area contributed by atoms with Crippen molar-refractivity contribution in [3.05, 3.63) is 29.3 Å². The van der Waals surface area contributed by atoms with Crippen LogP contribution in [0.3, 0.4) is 0 Å². The summed E-state index contributed by atoms with van der Waals surface area (Å²) in [5.74, 6) is 0.376. The predicted octanol–water partition coefficient (Wildman–Crippen LogP) is 4.08. The van der Waals surface area contributed by atoms with Crippen molar-refractivity contribution >= 4 is 29.2 Å². The van der Waals surface area contributed by atoms with Crippen molar-refractivity contribution in [2.24, 2.45) is 5.92 Å². The first-order valence-corrected chi connectivity index (χ1v) is 8.36. The maximum Gasteiger partial charge on any atom is 0.332 e. The van der Waals surface area contributed by atoms with Gasteiger partial charge >= 0.3 is 6.03 Å². The molecular formula is C17H21ClN2O2. The zero-order valence-corrected chi connectivity index (χ0v) is 13.6. The number of hydrogen-bond acceptors (Lipinski definition) is 2. The largest absolute Gasteiger partial charge is 0.332 e. The molecule has 1 saturated carbocycles. The van der Waals surface area contributed by atoms with Crippen molar-refractivity contribution < 1.29 is 9.59 Å². The van der Waals surface area contributed by atoms with E-state index in [1.807, 2.05) is 6.92 Å². The van der Waals surface area contributed by atoms with Crippen LogP contribution in [0, 0.1) is 5.92 Å². The molecule has 2 aliphatic rings. The third-order valence-corrected chi connectivity index (χ3v) is 5.00. The second-order valence-electron chi connectivity index (χ2n) is 6.27. The molecule has 0 spiro atoms. The summed E-state index contributed by atoms with van der Waals surface area (Å²) in [6, 6.07) is 6.25. The fourth-order valence-electron chi connectivity index (χ4n) is 3.42. The molecule has 1 atom stereocenters. The monoisotopic (exact) mass is 320 g/mol. The maximum absolute atomic E-state index is 12.7. The number of carbonyl (C=O) groups excluding carboxylic acids is 2. The lowest BCUT2D eigenvalue weighted by molar-refractivity contribution is -0.119. The zero-order valence-electron chi connectivity index (χ0n) is 12.8. The third-order valence-electron chi connectivity index (χ3n) is 4.75. The Morgan fingerprint density at radius 3 is 2.36 bits per heavy atom. The van der Waals surface area contributed by atoms with Gasteiger partial charge in [0.05, 0.1) is 5.69 Å². The fourth-order valence-corrected chi connectivity index (χ4v) is 3.55.